The molecule has 0 unspecified atom stereocenters. The number of thiazole rings is 1. The molecular formula is C42H63Cl3N6O3S2. The Morgan fingerprint density at radius 2 is 1.36 bits per heavy atom. The van der Waals surface area contributed by atoms with E-state index in [-0.39, 0.29) is 17.1 Å². The molecular weight excluding hydrogens is 807 g/mol. The van der Waals surface area contributed by atoms with E-state index >= 15 is 0 Å². The Morgan fingerprint density at radius 1 is 0.839 bits per heavy atom. The van der Waals surface area contributed by atoms with Crippen LogP contribution in [0, 0.1) is 0 Å². The van der Waals surface area contributed by atoms with E-state index in [0.717, 1.165) is 113 Å². The molecule has 56 heavy (non-hydrogen) atoms. The monoisotopic (exact) mass is 868 g/mol. The number of ketones is 1. The summed E-state index contributed by atoms with van der Waals surface area (Å²) in [6.07, 6.45) is 5.47. The van der Waals surface area contributed by atoms with Crippen LogP contribution in [0.3, 0.4) is 0 Å². The Balaban J connectivity index is 0.000000248. The number of nitrogens with one attached hydrogen (secondary N) is 2. The fourth-order valence-electron chi connectivity index (χ4n) is 7.23. The van der Waals surface area contributed by atoms with Crippen LogP contribution in [0.4, 0.5) is 5.13 Å². The van der Waals surface area contributed by atoms with Crippen molar-refractivity contribution in [3.63, 3.8) is 0 Å². The molecule has 2 fully saturated rings. The van der Waals surface area contributed by atoms with Gasteiger partial charge in [0.15, 0.2) is 16.0 Å². The number of benzene rings is 2. The number of halogens is 3. The fourth-order valence-corrected chi connectivity index (χ4v) is 8.80. The maximum atomic E-state index is 12.2. The van der Waals surface area contributed by atoms with Crippen molar-refractivity contribution in [3.8, 4) is 0 Å². The summed E-state index contributed by atoms with van der Waals surface area (Å²) >= 11 is 24.4. The molecule has 14 heteroatoms. The lowest BCUT2D eigenvalue weighted by Gasteiger charge is -2.36. The molecule has 0 spiro atoms. The standard InChI is InChI=1S/C21H30ClN3OS.C13H14Cl2O2.C8H19N3S/c1-3-25(4-2)12-6-11-23-20-24-19(16-27-20)21(9-13-26-14-10-21)17-7-5-8-18(22)15-17;14-9-12(16)13(4-6-17-7-5-13)10-2-1-3-11(15)8-10;1-3-11(4-2)7-5-6-10-8(9)12/h5,7-8,15-16H,3-4,6,9-14H2,1-2H3,(H,23,24);1-3,8H,4-7,9H2;3-7H2,1-2H3,(H3,9,10,12). The summed E-state index contributed by atoms with van der Waals surface area (Å²) in [5.41, 5.74) is 8.02. The summed E-state index contributed by atoms with van der Waals surface area (Å²) in [6.45, 7) is 20.0. The number of Topliss-reactive ketones (excluding diaryl/α,β-unsaturated/α-hetero) is 1. The van der Waals surface area contributed by atoms with Crippen molar-refractivity contribution in [1.82, 2.24) is 20.1 Å². The summed E-state index contributed by atoms with van der Waals surface area (Å²) in [7, 11) is 0. The minimum Gasteiger partial charge on any atom is -0.381 e. The zero-order valence-corrected chi connectivity index (χ0v) is 37.6. The van der Waals surface area contributed by atoms with E-state index in [1.165, 1.54) is 5.56 Å². The van der Waals surface area contributed by atoms with Crippen LogP contribution in [0.15, 0.2) is 53.9 Å². The van der Waals surface area contributed by atoms with Gasteiger partial charge in [0.25, 0.3) is 0 Å². The first kappa shape index (κ1) is 48.3. The number of aromatic nitrogens is 1. The van der Waals surface area contributed by atoms with Gasteiger partial charge in [0.05, 0.1) is 17.0 Å². The summed E-state index contributed by atoms with van der Waals surface area (Å²) in [5, 5.41) is 11.5. The van der Waals surface area contributed by atoms with E-state index in [1.807, 2.05) is 36.4 Å². The van der Waals surface area contributed by atoms with Gasteiger partial charge in [-0.15, -0.1) is 22.9 Å². The van der Waals surface area contributed by atoms with Gasteiger partial charge < -0.3 is 35.6 Å². The van der Waals surface area contributed by atoms with Gasteiger partial charge in [-0.25, -0.2) is 4.98 Å². The molecule has 2 saturated heterocycles. The summed E-state index contributed by atoms with van der Waals surface area (Å²) in [4.78, 5) is 22.0. The second-order valence-electron chi connectivity index (χ2n) is 14.0. The van der Waals surface area contributed by atoms with Gasteiger partial charge in [0.2, 0.25) is 0 Å². The summed E-state index contributed by atoms with van der Waals surface area (Å²) in [6, 6.07) is 15.7. The minimum atomic E-state index is -0.509. The average molecular weight is 870 g/mol. The topological polar surface area (TPSA) is 105 Å². The Bertz CT molecular complexity index is 1580. The van der Waals surface area contributed by atoms with Gasteiger partial charge in [-0.05, 0) is 125 Å². The van der Waals surface area contributed by atoms with Gasteiger partial charge in [-0.2, -0.15) is 0 Å². The van der Waals surface area contributed by atoms with Crippen molar-refractivity contribution in [2.24, 2.45) is 5.73 Å². The molecule has 4 N–H and O–H groups in total. The molecule has 0 saturated carbocycles. The van der Waals surface area contributed by atoms with Gasteiger partial charge in [0, 0.05) is 60.4 Å². The van der Waals surface area contributed by atoms with E-state index in [9.17, 15) is 4.79 Å². The highest BCUT2D eigenvalue weighted by Gasteiger charge is 2.41. The molecule has 2 aliphatic rings. The number of thiocarbonyl (C=S) groups is 1. The van der Waals surface area contributed by atoms with Crippen molar-refractivity contribution in [3.05, 3.63) is 80.8 Å². The molecule has 0 bridgehead atoms. The van der Waals surface area contributed by atoms with Crippen molar-refractivity contribution in [2.45, 2.75) is 77.0 Å². The van der Waals surface area contributed by atoms with Crippen LogP contribution in [0.1, 0.15) is 83.0 Å². The molecule has 2 aliphatic heterocycles. The van der Waals surface area contributed by atoms with Gasteiger partial charge in [-0.1, -0.05) is 75.2 Å². The normalized spacial score (nSPS) is 15.9. The van der Waals surface area contributed by atoms with Crippen LogP contribution in [0.25, 0.3) is 0 Å². The van der Waals surface area contributed by atoms with Crippen molar-refractivity contribution in [1.29, 1.82) is 0 Å². The number of hydrogen-bond acceptors (Lipinski definition) is 9. The van der Waals surface area contributed by atoms with E-state index in [4.69, 9.17) is 55.0 Å². The first-order valence-electron chi connectivity index (χ1n) is 20.0. The number of nitrogens with two attached hydrogens (primary N) is 1. The van der Waals surface area contributed by atoms with Crippen molar-refractivity contribution in [2.75, 3.05) is 90.0 Å². The molecule has 1 aromatic heterocycles. The first-order valence-corrected chi connectivity index (χ1v) is 22.6. The number of ether oxygens (including phenoxy) is 2. The largest absolute Gasteiger partial charge is 0.381 e. The zero-order valence-electron chi connectivity index (χ0n) is 33.7. The highest BCUT2D eigenvalue weighted by atomic mass is 35.5. The number of carbonyl (C=O) groups excluding carboxylic acids is 1. The van der Waals surface area contributed by atoms with Crippen LogP contribution in [0.2, 0.25) is 10.0 Å². The second-order valence-corrected chi connectivity index (χ2v) is 16.4. The van der Waals surface area contributed by atoms with Crippen LogP contribution in [-0.4, -0.2) is 110 Å². The molecule has 0 aliphatic carbocycles. The number of anilines is 1. The highest BCUT2D eigenvalue weighted by Crippen LogP contribution is 2.43. The summed E-state index contributed by atoms with van der Waals surface area (Å²) < 4.78 is 11.0. The fraction of sp³-hybridized carbons (Fsp3) is 0.595. The van der Waals surface area contributed by atoms with Crippen LogP contribution >= 0.6 is 58.4 Å². The van der Waals surface area contributed by atoms with E-state index in [0.29, 0.717) is 36.2 Å². The Hall–Kier alpha value is -2.06. The second kappa shape index (κ2) is 26.1. The molecule has 0 amide bonds. The molecule has 9 nitrogen and oxygen atoms in total. The lowest BCUT2D eigenvalue weighted by Crippen LogP contribution is -2.42. The van der Waals surface area contributed by atoms with E-state index in [1.54, 1.807) is 11.3 Å². The summed E-state index contributed by atoms with van der Waals surface area (Å²) in [5.74, 6) is 0.0942. The molecule has 3 aromatic rings. The van der Waals surface area contributed by atoms with Crippen LogP contribution < -0.4 is 16.4 Å². The zero-order chi connectivity index (χ0) is 40.8. The third-order valence-corrected chi connectivity index (χ3v) is 12.4. The maximum Gasteiger partial charge on any atom is 0.182 e. The first-order chi connectivity index (χ1) is 27.1. The number of alkyl halides is 1. The SMILES string of the molecule is CCN(CC)CCCNC(N)=S.CCN(CC)CCCNc1nc(C2(c3cccc(Cl)c3)CCOCC2)cs1.O=C(CCl)C1(c2cccc(Cl)c2)CCOCC1. The maximum absolute atomic E-state index is 12.2. The van der Waals surface area contributed by atoms with Crippen molar-refractivity contribution < 1.29 is 14.3 Å². The number of hydrogen-bond donors (Lipinski definition) is 3. The lowest BCUT2D eigenvalue weighted by molar-refractivity contribution is -0.125. The van der Waals surface area contributed by atoms with Gasteiger partial charge in [0.1, 0.15) is 0 Å². The van der Waals surface area contributed by atoms with Gasteiger partial charge in [-0.3, -0.25) is 4.79 Å². The number of rotatable bonds is 18. The molecule has 5 rings (SSSR count). The van der Waals surface area contributed by atoms with Gasteiger partial charge >= 0.3 is 0 Å². The molecule has 312 valence electrons. The third kappa shape index (κ3) is 15.0. The lowest BCUT2D eigenvalue weighted by atomic mass is 9.71. The smallest absolute Gasteiger partial charge is 0.182 e. The molecule has 2 aromatic carbocycles. The average Bonchev–Trinajstić information content (AvgIpc) is 3.71. The predicted molar refractivity (Wildman–Crippen MR) is 241 cm³/mol. The number of carbonyl (C=O) groups is 1. The molecule has 0 atom stereocenters. The minimum absolute atomic E-state index is 0.0342. The third-order valence-electron chi connectivity index (χ3n) is 10.8. The Morgan fingerprint density at radius 3 is 1.88 bits per heavy atom. The predicted octanol–water partition coefficient (Wildman–Crippen LogP) is 8.78. The Labute approximate surface area is 360 Å². The quantitative estimate of drug-likeness (QED) is 0.0653. The molecule has 3 heterocycles. The van der Waals surface area contributed by atoms with Crippen molar-refractivity contribution >= 4 is 74.4 Å². The van der Waals surface area contributed by atoms with Crippen LogP contribution in [-0.2, 0) is 25.1 Å². The van der Waals surface area contributed by atoms with E-state index < -0.39 is 5.41 Å². The van der Waals surface area contributed by atoms with E-state index in [2.05, 4.69) is 77.9 Å². The Kier molecular flexibility index (Phi) is 22.5. The highest BCUT2D eigenvalue weighted by molar-refractivity contribution is 7.80. The number of nitrogens with zero attached hydrogens (tertiary/aromatic N) is 3. The molecule has 0 radical (unpaired) electrons. The van der Waals surface area contributed by atoms with Crippen LogP contribution in [0.5, 0.6) is 0 Å².